The van der Waals surface area contributed by atoms with E-state index in [9.17, 15) is 24.6 Å². The number of urea groups is 1. The van der Waals surface area contributed by atoms with E-state index in [0.29, 0.717) is 11.3 Å². The molecule has 3 aromatic rings. The zero-order valence-electron chi connectivity index (χ0n) is 17.4. The van der Waals surface area contributed by atoms with Crippen molar-refractivity contribution in [1.82, 2.24) is 19.7 Å². The first-order chi connectivity index (χ1) is 13.8. The van der Waals surface area contributed by atoms with E-state index in [1.165, 1.54) is 13.2 Å². The molecule has 2 N–H and O–H groups in total. The monoisotopic (exact) mass is 441 g/mol. The number of carbonyl (C=O) groups excluding carboxylic acids is 2. The summed E-state index contributed by atoms with van der Waals surface area (Å²) in [7, 11) is 1.44. The van der Waals surface area contributed by atoms with Gasteiger partial charge in [0.15, 0.2) is 0 Å². The van der Waals surface area contributed by atoms with Crippen LogP contribution in [0.4, 0.5) is 10.5 Å². The maximum atomic E-state index is 12.4. The van der Waals surface area contributed by atoms with Crippen LogP contribution >= 0.6 is 0 Å². The van der Waals surface area contributed by atoms with Crippen molar-refractivity contribution in [3.8, 4) is 11.4 Å². The second-order valence-electron chi connectivity index (χ2n) is 6.24. The Labute approximate surface area is 221 Å². The molecule has 2 amide bonds. The molecule has 12 heteroatoms. The third-order valence-corrected chi connectivity index (χ3v) is 4.19. The first-order valence-electron chi connectivity index (χ1n) is 8.59. The van der Waals surface area contributed by atoms with Crippen molar-refractivity contribution in [3.63, 3.8) is 0 Å². The SMILES string of the molecule is Cn1ccc([O-])c(NC(=O)N[C@@H](CC(=O)[O-])c2cccc(-n3cccn3)c2)c1=O.[Na+].[Na+]. The summed E-state index contributed by atoms with van der Waals surface area (Å²) in [4.78, 5) is 35.6. The molecule has 0 saturated heterocycles. The Morgan fingerprint density at radius 2 is 1.90 bits per heavy atom. The molecule has 0 aliphatic heterocycles. The van der Waals surface area contributed by atoms with Crippen LogP contribution in [0, 0.1) is 0 Å². The van der Waals surface area contributed by atoms with Crippen LogP contribution in [0.5, 0.6) is 5.75 Å². The normalized spacial score (nSPS) is 10.9. The van der Waals surface area contributed by atoms with Gasteiger partial charge in [0.25, 0.3) is 5.56 Å². The molecule has 2 aromatic heterocycles. The van der Waals surface area contributed by atoms with Crippen molar-refractivity contribution >= 4 is 17.7 Å². The van der Waals surface area contributed by atoms with Gasteiger partial charge in [-0.1, -0.05) is 23.9 Å². The van der Waals surface area contributed by atoms with Gasteiger partial charge >= 0.3 is 65.1 Å². The van der Waals surface area contributed by atoms with Gasteiger partial charge in [0.1, 0.15) is 5.69 Å². The maximum Gasteiger partial charge on any atom is 1.00 e. The average Bonchev–Trinajstić information content (AvgIpc) is 3.22. The average molecular weight is 441 g/mol. The molecule has 3 rings (SSSR count). The summed E-state index contributed by atoms with van der Waals surface area (Å²) < 4.78 is 2.72. The zero-order chi connectivity index (χ0) is 21.0. The Balaban J connectivity index is 0.00000240. The third-order valence-electron chi connectivity index (χ3n) is 4.19. The van der Waals surface area contributed by atoms with Gasteiger partial charge in [-0.2, -0.15) is 5.10 Å². The molecule has 1 atom stereocenters. The Hall–Kier alpha value is -2.08. The number of aryl methyl sites for hydroxylation is 1. The number of pyridine rings is 1. The predicted molar refractivity (Wildman–Crippen MR) is 99.2 cm³/mol. The van der Waals surface area contributed by atoms with Gasteiger partial charge < -0.3 is 30.2 Å². The van der Waals surface area contributed by atoms with Crippen LogP contribution in [0.2, 0.25) is 0 Å². The molecule has 1 aromatic carbocycles. The number of aromatic nitrogens is 3. The molecule has 10 nitrogen and oxygen atoms in total. The molecular weight excluding hydrogens is 424 g/mol. The molecule has 0 spiro atoms. The summed E-state index contributed by atoms with van der Waals surface area (Å²) in [5.74, 6) is -2.03. The van der Waals surface area contributed by atoms with E-state index in [4.69, 9.17) is 0 Å². The van der Waals surface area contributed by atoms with E-state index in [1.807, 2.05) is 0 Å². The number of carboxylic acids is 1. The van der Waals surface area contributed by atoms with Gasteiger partial charge in [-0.15, -0.1) is 0 Å². The summed E-state index contributed by atoms with van der Waals surface area (Å²) in [6, 6.07) is 7.80. The number of nitrogens with one attached hydrogen (secondary N) is 2. The molecule has 0 aliphatic rings. The van der Waals surface area contributed by atoms with Crippen LogP contribution in [0.25, 0.3) is 5.69 Å². The summed E-state index contributed by atoms with van der Waals surface area (Å²) in [6.45, 7) is 0. The predicted octanol–water partition coefficient (Wildman–Crippen LogP) is -6.34. The molecule has 2 heterocycles. The van der Waals surface area contributed by atoms with Crippen LogP contribution in [-0.4, -0.2) is 26.3 Å². The third kappa shape index (κ3) is 6.96. The van der Waals surface area contributed by atoms with Crippen molar-refractivity contribution < 1.29 is 78.9 Å². The molecule has 0 fully saturated rings. The molecule has 0 radical (unpaired) electrons. The number of amides is 2. The summed E-state index contributed by atoms with van der Waals surface area (Å²) >= 11 is 0. The maximum absolute atomic E-state index is 12.4. The van der Waals surface area contributed by atoms with Crippen LogP contribution < -0.4 is 85.5 Å². The van der Waals surface area contributed by atoms with Gasteiger partial charge in [-0.3, -0.25) is 4.79 Å². The van der Waals surface area contributed by atoms with Crippen molar-refractivity contribution in [2.75, 3.05) is 5.32 Å². The molecule has 0 bridgehead atoms. The van der Waals surface area contributed by atoms with Crippen molar-refractivity contribution in [2.45, 2.75) is 12.5 Å². The number of benzene rings is 1. The molecular formula is C19H17N5Na2O5. The molecule has 31 heavy (non-hydrogen) atoms. The largest absolute Gasteiger partial charge is 1.00 e. The van der Waals surface area contributed by atoms with E-state index in [0.717, 1.165) is 10.6 Å². The van der Waals surface area contributed by atoms with Gasteiger partial charge in [0.2, 0.25) is 0 Å². The zero-order valence-corrected chi connectivity index (χ0v) is 21.4. The van der Waals surface area contributed by atoms with E-state index in [1.54, 1.807) is 47.4 Å². The van der Waals surface area contributed by atoms with Crippen molar-refractivity contribution in [2.24, 2.45) is 7.05 Å². The quantitative estimate of drug-likeness (QED) is 0.364. The Kier molecular flexibility index (Phi) is 10.5. The number of anilines is 1. The number of nitrogens with zero attached hydrogens (tertiary/aromatic N) is 3. The standard InChI is InChI=1S/C19H19N5O5.2Na/c1-23-9-6-15(25)17(18(23)28)22-19(29)21-14(11-16(26)27)12-4-2-5-13(10-12)24-8-3-7-20-24;;/h2-10,14,25H,11H2,1H3,(H,26,27)(H2,21,22,29);;/q;2*+1/p-2/t14-;;/m0../s1. The number of hydrogen-bond donors (Lipinski definition) is 2. The minimum atomic E-state index is -1.38. The summed E-state index contributed by atoms with van der Waals surface area (Å²) in [6.07, 6.45) is 4.09. The molecule has 150 valence electrons. The second-order valence-corrected chi connectivity index (χ2v) is 6.24. The summed E-state index contributed by atoms with van der Waals surface area (Å²) in [5, 5.41) is 31.8. The Morgan fingerprint density at radius 3 is 2.55 bits per heavy atom. The molecule has 0 saturated carbocycles. The van der Waals surface area contributed by atoms with E-state index >= 15 is 0 Å². The number of rotatable bonds is 6. The number of aliphatic carboxylic acids is 1. The number of hydrogen-bond acceptors (Lipinski definition) is 6. The van der Waals surface area contributed by atoms with Crippen LogP contribution in [0.1, 0.15) is 18.0 Å². The smallest absolute Gasteiger partial charge is 0.871 e. The van der Waals surface area contributed by atoms with E-state index in [-0.39, 0.29) is 59.1 Å². The number of carbonyl (C=O) groups is 2. The van der Waals surface area contributed by atoms with Crippen molar-refractivity contribution in [1.29, 1.82) is 0 Å². The first kappa shape index (κ1) is 27.0. The van der Waals surface area contributed by atoms with Gasteiger partial charge in [-0.05, 0) is 23.8 Å². The Morgan fingerprint density at radius 1 is 1.16 bits per heavy atom. The van der Waals surface area contributed by atoms with Crippen molar-refractivity contribution in [3.05, 3.63) is 70.9 Å². The van der Waals surface area contributed by atoms with Crippen LogP contribution in [0.15, 0.2) is 59.8 Å². The topological polar surface area (TPSA) is 144 Å². The molecule has 0 unspecified atom stereocenters. The second kappa shape index (κ2) is 12.1. The number of carboxylic acid groups (broad SMARTS) is 1. The Bertz CT molecular complexity index is 1100. The minimum Gasteiger partial charge on any atom is -0.871 e. The fraction of sp³-hybridized carbons (Fsp3) is 0.158. The molecule has 0 aliphatic carbocycles. The van der Waals surface area contributed by atoms with Crippen LogP contribution in [-0.2, 0) is 11.8 Å². The van der Waals surface area contributed by atoms with Gasteiger partial charge in [0, 0.05) is 38.0 Å². The van der Waals surface area contributed by atoms with Crippen LogP contribution in [0.3, 0.4) is 0 Å². The van der Waals surface area contributed by atoms with E-state index in [2.05, 4.69) is 15.7 Å². The first-order valence-corrected chi connectivity index (χ1v) is 8.59. The minimum absolute atomic E-state index is 0. The summed E-state index contributed by atoms with van der Waals surface area (Å²) in [5.41, 5.74) is 0.0484. The fourth-order valence-corrected chi connectivity index (χ4v) is 2.76. The van der Waals surface area contributed by atoms with Gasteiger partial charge in [-0.25, -0.2) is 9.48 Å². The van der Waals surface area contributed by atoms with E-state index < -0.39 is 41.5 Å². The van der Waals surface area contributed by atoms with Gasteiger partial charge in [0.05, 0.1) is 11.7 Å². The fourth-order valence-electron chi connectivity index (χ4n) is 2.76.